The first-order valence-electron chi connectivity index (χ1n) is 12.5. The smallest absolute Gasteiger partial charge is 0.316 e. The van der Waals surface area contributed by atoms with Crippen molar-refractivity contribution in [3.8, 4) is 0 Å². The molecule has 0 aliphatic heterocycles. The van der Waals surface area contributed by atoms with E-state index in [-0.39, 0.29) is 36.1 Å². The quantitative estimate of drug-likeness (QED) is 0.194. The minimum atomic E-state index is -1.06. The summed E-state index contributed by atoms with van der Waals surface area (Å²) in [6.45, 7) is 0. The average Bonchev–Trinajstić information content (AvgIpc) is 3.45. The molecule has 200 valence electrons. The Morgan fingerprint density at radius 2 is 1.95 bits per heavy atom. The summed E-state index contributed by atoms with van der Waals surface area (Å²) in [6.07, 6.45) is 6.59. The first-order valence-corrected chi connectivity index (χ1v) is 12.5. The lowest BCUT2D eigenvalue weighted by molar-refractivity contribution is -0.149. The Kier molecular flexibility index (Phi) is 7.55. The molecule has 2 fully saturated rings. The molecule has 2 heterocycles. The number of nitrogen functional groups attached to an aromatic ring is 1. The fourth-order valence-corrected chi connectivity index (χ4v) is 5.41. The summed E-state index contributed by atoms with van der Waals surface area (Å²) in [4.78, 5) is 47.0. The predicted octanol–water partition coefficient (Wildman–Crippen LogP) is 2.62. The minimum absolute atomic E-state index is 0. The van der Waals surface area contributed by atoms with Gasteiger partial charge in [-0.05, 0) is 61.4 Å². The van der Waals surface area contributed by atoms with Gasteiger partial charge in [0.25, 0.3) is 5.56 Å². The third kappa shape index (κ3) is 5.13. The molecule has 0 saturated heterocycles. The number of benzene rings is 1. The van der Waals surface area contributed by atoms with E-state index in [4.69, 9.17) is 11.1 Å². The van der Waals surface area contributed by atoms with Crippen molar-refractivity contribution in [2.45, 2.75) is 50.5 Å². The predicted molar refractivity (Wildman–Crippen MR) is 144 cm³/mol. The van der Waals surface area contributed by atoms with Gasteiger partial charge in [-0.3, -0.25) is 24.8 Å². The number of nitrogens with two attached hydrogens (primary N) is 1. The molecule has 11 heteroatoms. The van der Waals surface area contributed by atoms with E-state index in [9.17, 15) is 19.5 Å². The van der Waals surface area contributed by atoms with Crippen LogP contribution >= 0.6 is 12.4 Å². The Bertz CT molecular complexity index is 1460. The number of carboxylic acid groups (broad SMARTS) is 1. The maximum absolute atomic E-state index is 13.1. The van der Waals surface area contributed by atoms with Gasteiger partial charge in [0.2, 0.25) is 5.91 Å². The number of nitrogens with zero attached hydrogens (tertiary/aromatic N) is 3. The Morgan fingerprint density at radius 3 is 2.53 bits per heavy atom. The van der Waals surface area contributed by atoms with Crippen molar-refractivity contribution >= 4 is 41.2 Å². The first-order chi connectivity index (χ1) is 17.7. The Balaban J connectivity index is 0.00000336. The monoisotopic (exact) mass is 538 g/mol. The number of amidine groups is 1. The van der Waals surface area contributed by atoms with Crippen LogP contribution in [0.1, 0.15) is 61.0 Å². The molecule has 5 N–H and O–H groups in total. The summed E-state index contributed by atoms with van der Waals surface area (Å²) in [5.74, 6) is -2.73. The van der Waals surface area contributed by atoms with Crippen molar-refractivity contribution in [3.05, 3.63) is 69.4 Å². The number of aliphatic carboxylic acids is 1. The van der Waals surface area contributed by atoms with E-state index >= 15 is 0 Å². The zero-order valence-electron chi connectivity index (χ0n) is 21.1. The second kappa shape index (κ2) is 10.5. The molecule has 10 nitrogen and oxygen atoms in total. The van der Waals surface area contributed by atoms with E-state index in [2.05, 4.69) is 15.3 Å². The summed E-state index contributed by atoms with van der Waals surface area (Å²) >= 11 is 0. The van der Waals surface area contributed by atoms with Crippen LogP contribution in [0.3, 0.4) is 0 Å². The van der Waals surface area contributed by atoms with Crippen LogP contribution in [-0.2, 0) is 28.6 Å². The zero-order chi connectivity index (χ0) is 26.3. The summed E-state index contributed by atoms with van der Waals surface area (Å²) in [6, 6.07) is 8.98. The molecule has 0 spiro atoms. The van der Waals surface area contributed by atoms with Crippen molar-refractivity contribution in [1.29, 1.82) is 5.41 Å². The highest BCUT2D eigenvalue weighted by molar-refractivity contribution is 5.98. The zero-order valence-corrected chi connectivity index (χ0v) is 21.9. The summed E-state index contributed by atoms with van der Waals surface area (Å²) in [5, 5.41) is 20.3. The lowest BCUT2D eigenvalue weighted by atomic mass is 9.89. The topological polar surface area (TPSA) is 164 Å². The normalized spacial score (nSPS) is 17.0. The number of aromatic nitrogens is 3. The van der Waals surface area contributed by atoms with Crippen LogP contribution in [0.15, 0.2) is 41.3 Å². The molecule has 2 aromatic heterocycles. The largest absolute Gasteiger partial charge is 0.481 e. The molecule has 2 aliphatic carbocycles. The number of hydrogen-bond donors (Lipinski definition) is 4. The third-order valence-corrected chi connectivity index (χ3v) is 7.71. The van der Waals surface area contributed by atoms with Gasteiger partial charge >= 0.3 is 5.97 Å². The van der Waals surface area contributed by atoms with E-state index in [1.165, 1.54) is 6.20 Å². The molecule has 3 aromatic rings. The molecule has 0 bridgehead atoms. The SMILES string of the molecule is Cl.Cn1c(=O)c(Cc2ccc(C(=N)N)cn2)nc2cc(C3(NC(=O)C(C(=O)O)C4CCCC4)CC3)ccc21. The number of carbonyl (C=O) groups is 2. The minimum Gasteiger partial charge on any atom is -0.481 e. The number of hydrogen-bond acceptors (Lipinski definition) is 6. The molecule has 1 atom stereocenters. The lowest BCUT2D eigenvalue weighted by Crippen LogP contribution is -2.44. The summed E-state index contributed by atoms with van der Waals surface area (Å²) in [5.41, 5.74) is 8.24. The number of fused-ring (bicyclic) bond motifs is 1. The molecule has 2 aliphatic rings. The summed E-state index contributed by atoms with van der Waals surface area (Å²) in [7, 11) is 1.69. The lowest BCUT2D eigenvalue weighted by Gasteiger charge is -2.24. The number of pyridine rings is 1. The standard InChI is InChI=1S/C27H30N6O4.ClH/c1-33-21-9-7-17(27(10-11-27)32-24(34)22(26(36)37)15-4-2-3-5-15)12-19(21)31-20(25(33)35)13-18-8-6-16(14-30-18)23(28)29;/h6-9,12,14-15,22H,2-5,10-11,13H2,1H3,(H3,28,29)(H,32,34)(H,36,37);1H. The second-order valence-electron chi connectivity index (χ2n) is 10.2. The third-order valence-electron chi connectivity index (χ3n) is 7.71. The molecular weight excluding hydrogens is 508 g/mol. The van der Waals surface area contributed by atoms with Gasteiger partial charge in [-0.2, -0.15) is 0 Å². The van der Waals surface area contributed by atoms with Crippen LogP contribution in [0.25, 0.3) is 11.0 Å². The van der Waals surface area contributed by atoms with Gasteiger partial charge in [0.05, 0.1) is 16.6 Å². The highest BCUT2D eigenvalue weighted by Gasteiger charge is 2.48. The number of carboxylic acids is 1. The highest BCUT2D eigenvalue weighted by atomic mass is 35.5. The van der Waals surface area contributed by atoms with Gasteiger partial charge in [0.1, 0.15) is 17.4 Å². The highest BCUT2D eigenvalue weighted by Crippen LogP contribution is 2.46. The fourth-order valence-electron chi connectivity index (χ4n) is 5.41. The fraction of sp³-hybridized carbons (Fsp3) is 0.407. The van der Waals surface area contributed by atoms with Crippen molar-refractivity contribution < 1.29 is 14.7 Å². The molecule has 0 radical (unpaired) electrons. The summed E-state index contributed by atoms with van der Waals surface area (Å²) < 4.78 is 1.55. The van der Waals surface area contributed by atoms with Gasteiger partial charge in [-0.1, -0.05) is 18.9 Å². The van der Waals surface area contributed by atoms with Gasteiger partial charge < -0.3 is 20.7 Å². The number of halogens is 1. The number of aryl methyl sites for hydroxylation is 1. The molecule has 1 aromatic carbocycles. The molecule has 38 heavy (non-hydrogen) atoms. The number of nitrogens with one attached hydrogen (secondary N) is 2. The Hall–Kier alpha value is -3.79. The maximum Gasteiger partial charge on any atom is 0.316 e. The molecule has 5 rings (SSSR count). The molecule has 2 saturated carbocycles. The van der Waals surface area contributed by atoms with E-state index < -0.39 is 23.3 Å². The van der Waals surface area contributed by atoms with Gasteiger partial charge in [0.15, 0.2) is 0 Å². The molecule has 1 unspecified atom stereocenters. The number of rotatable bonds is 8. The van der Waals surface area contributed by atoms with E-state index in [0.29, 0.717) is 40.8 Å². The number of carbonyl (C=O) groups excluding carboxylic acids is 1. The van der Waals surface area contributed by atoms with Crippen LogP contribution < -0.4 is 16.6 Å². The van der Waals surface area contributed by atoms with Crippen LogP contribution in [0.5, 0.6) is 0 Å². The number of amides is 1. The van der Waals surface area contributed by atoms with Crippen LogP contribution in [0.4, 0.5) is 0 Å². The maximum atomic E-state index is 13.1. The van der Waals surface area contributed by atoms with E-state index in [1.54, 1.807) is 23.7 Å². The molecular formula is C27H31ClN6O4. The van der Waals surface area contributed by atoms with Crippen molar-refractivity contribution in [3.63, 3.8) is 0 Å². The van der Waals surface area contributed by atoms with Crippen LogP contribution in [0.2, 0.25) is 0 Å². The van der Waals surface area contributed by atoms with Crippen molar-refractivity contribution in [1.82, 2.24) is 19.9 Å². The van der Waals surface area contributed by atoms with Crippen LogP contribution in [-0.4, -0.2) is 37.4 Å². The Morgan fingerprint density at radius 1 is 1.24 bits per heavy atom. The van der Waals surface area contributed by atoms with Crippen LogP contribution in [0, 0.1) is 17.2 Å². The second-order valence-corrected chi connectivity index (χ2v) is 10.2. The van der Waals surface area contributed by atoms with Crippen molar-refractivity contribution in [2.75, 3.05) is 0 Å². The van der Waals surface area contributed by atoms with Gasteiger partial charge in [0, 0.05) is 30.9 Å². The van der Waals surface area contributed by atoms with Crippen molar-refractivity contribution in [2.24, 2.45) is 24.6 Å². The van der Waals surface area contributed by atoms with E-state index in [1.807, 2.05) is 18.2 Å². The Labute approximate surface area is 225 Å². The average molecular weight is 539 g/mol. The van der Waals surface area contributed by atoms with E-state index in [0.717, 1.165) is 31.2 Å². The van der Waals surface area contributed by atoms with Gasteiger partial charge in [-0.15, -0.1) is 12.4 Å². The van der Waals surface area contributed by atoms with Gasteiger partial charge in [-0.25, -0.2) is 4.98 Å². The first kappa shape index (κ1) is 27.3. The molecule has 1 amide bonds.